The number of nitrogens with one attached hydrogen (secondary N) is 1. The van der Waals surface area contributed by atoms with E-state index in [1.54, 1.807) is 0 Å². The van der Waals surface area contributed by atoms with Crippen molar-refractivity contribution in [1.82, 2.24) is 14.9 Å². The molecule has 19 heavy (non-hydrogen) atoms. The molecule has 0 aliphatic heterocycles. The Labute approximate surface area is 114 Å². The minimum Gasteiger partial charge on any atom is -0.373 e. The summed E-state index contributed by atoms with van der Waals surface area (Å²) in [6.07, 6.45) is 1.83. The number of hydrogen-bond donors (Lipinski definition) is 1. The molecule has 0 bridgehead atoms. The van der Waals surface area contributed by atoms with Crippen LogP contribution in [0.4, 0.5) is 5.82 Å². The first-order chi connectivity index (χ1) is 9.17. The van der Waals surface area contributed by atoms with Crippen molar-refractivity contribution in [3.8, 4) is 0 Å². The molecule has 4 nitrogen and oxygen atoms in total. The fourth-order valence-corrected chi connectivity index (χ4v) is 2.04. The number of aromatic nitrogens is 2. The lowest BCUT2D eigenvalue weighted by Gasteiger charge is -2.16. The average Bonchev–Trinajstić information content (AvgIpc) is 2.38. The molecule has 2 aromatic rings. The SMILES string of the molecule is CNc1cc(CN(C)Cc2cccc(C)n2)ccn1. The zero-order valence-corrected chi connectivity index (χ0v) is 11.7. The first-order valence-electron chi connectivity index (χ1n) is 6.41. The molecule has 0 saturated carbocycles. The van der Waals surface area contributed by atoms with Gasteiger partial charge < -0.3 is 5.32 Å². The summed E-state index contributed by atoms with van der Waals surface area (Å²) in [4.78, 5) is 11.0. The Bertz CT molecular complexity index is 539. The second-order valence-electron chi connectivity index (χ2n) is 4.74. The van der Waals surface area contributed by atoms with Gasteiger partial charge in [-0.2, -0.15) is 0 Å². The van der Waals surface area contributed by atoms with Crippen LogP contribution in [0.15, 0.2) is 36.5 Å². The number of anilines is 1. The molecular weight excluding hydrogens is 236 g/mol. The van der Waals surface area contributed by atoms with E-state index in [1.165, 1.54) is 5.56 Å². The van der Waals surface area contributed by atoms with E-state index < -0.39 is 0 Å². The Hall–Kier alpha value is -1.94. The van der Waals surface area contributed by atoms with Gasteiger partial charge >= 0.3 is 0 Å². The van der Waals surface area contributed by atoms with Crippen molar-refractivity contribution in [3.05, 3.63) is 53.5 Å². The van der Waals surface area contributed by atoms with Crippen LogP contribution < -0.4 is 5.32 Å². The van der Waals surface area contributed by atoms with Crippen molar-refractivity contribution < 1.29 is 0 Å². The van der Waals surface area contributed by atoms with Gasteiger partial charge in [-0.15, -0.1) is 0 Å². The molecule has 0 amide bonds. The highest BCUT2D eigenvalue weighted by Gasteiger charge is 2.04. The fraction of sp³-hybridized carbons (Fsp3) is 0.333. The lowest BCUT2D eigenvalue weighted by Crippen LogP contribution is -2.18. The third-order valence-electron chi connectivity index (χ3n) is 2.91. The average molecular weight is 256 g/mol. The predicted octanol–water partition coefficient (Wildman–Crippen LogP) is 2.46. The van der Waals surface area contributed by atoms with E-state index in [0.717, 1.165) is 30.3 Å². The summed E-state index contributed by atoms with van der Waals surface area (Å²) >= 11 is 0. The van der Waals surface area contributed by atoms with E-state index in [1.807, 2.05) is 32.3 Å². The van der Waals surface area contributed by atoms with E-state index >= 15 is 0 Å². The van der Waals surface area contributed by atoms with Gasteiger partial charge in [0.2, 0.25) is 0 Å². The lowest BCUT2D eigenvalue weighted by atomic mass is 10.2. The van der Waals surface area contributed by atoms with E-state index in [9.17, 15) is 0 Å². The highest BCUT2D eigenvalue weighted by molar-refractivity contribution is 5.36. The maximum absolute atomic E-state index is 4.52. The van der Waals surface area contributed by atoms with Crippen molar-refractivity contribution in [2.45, 2.75) is 20.0 Å². The largest absolute Gasteiger partial charge is 0.373 e. The molecule has 0 saturated heterocycles. The number of rotatable bonds is 5. The van der Waals surface area contributed by atoms with Crippen molar-refractivity contribution in [1.29, 1.82) is 0 Å². The number of hydrogen-bond acceptors (Lipinski definition) is 4. The Morgan fingerprint density at radius 3 is 2.79 bits per heavy atom. The van der Waals surface area contributed by atoms with Crippen LogP contribution in [0.25, 0.3) is 0 Å². The van der Waals surface area contributed by atoms with Gasteiger partial charge in [-0.3, -0.25) is 9.88 Å². The first kappa shape index (κ1) is 13.5. The lowest BCUT2D eigenvalue weighted by molar-refractivity contribution is 0.315. The van der Waals surface area contributed by atoms with Crippen LogP contribution in [0, 0.1) is 6.92 Å². The van der Waals surface area contributed by atoms with Gasteiger partial charge in [0.25, 0.3) is 0 Å². The molecule has 0 aromatic carbocycles. The molecule has 2 rings (SSSR count). The van der Waals surface area contributed by atoms with Crippen LogP contribution in [0.5, 0.6) is 0 Å². The van der Waals surface area contributed by atoms with Crippen LogP contribution >= 0.6 is 0 Å². The Balaban J connectivity index is 1.98. The first-order valence-corrected chi connectivity index (χ1v) is 6.41. The second-order valence-corrected chi connectivity index (χ2v) is 4.74. The fourth-order valence-electron chi connectivity index (χ4n) is 2.04. The van der Waals surface area contributed by atoms with E-state index in [4.69, 9.17) is 0 Å². The van der Waals surface area contributed by atoms with Crippen LogP contribution in [0.3, 0.4) is 0 Å². The topological polar surface area (TPSA) is 41.0 Å². The van der Waals surface area contributed by atoms with Gasteiger partial charge in [0, 0.05) is 32.0 Å². The molecule has 0 spiro atoms. The summed E-state index contributed by atoms with van der Waals surface area (Å²) in [5, 5.41) is 3.06. The molecule has 2 heterocycles. The zero-order valence-electron chi connectivity index (χ0n) is 11.7. The van der Waals surface area contributed by atoms with Gasteiger partial charge in [0.15, 0.2) is 0 Å². The molecule has 0 unspecified atom stereocenters. The minimum absolute atomic E-state index is 0.846. The highest BCUT2D eigenvalue weighted by atomic mass is 15.1. The molecule has 0 aliphatic rings. The van der Waals surface area contributed by atoms with E-state index in [0.29, 0.717) is 0 Å². The summed E-state index contributed by atoms with van der Waals surface area (Å²) in [5.74, 6) is 0.902. The quantitative estimate of drug-likeness (QED) is 0.892. The van der Waals surface area contributed by atoms with Crippen molar-refractivity contribution in [3.63, 3.8) is 0 Å². The number of aryl methyl sites for hydroxylation is 1. The molecule has 2 aromatic heterocycles. The summed E-state index contributed by atoms with van der Waals surface area (Å²) in [6, 6.07) is 10.2. The van der Waals surface area contributed by atoms with Gasteiger partial charge in [0.05, 0.1) is 5.69 Å². The summed E-state index contributed by atoms with van der Waals surface area (Å²) in [5.41, 5.74) is 3.41. The molecule has 4 heteroatoms. The maximum Gasteiger partial charge on any atom is 0.125 e. The standard InChI is InChI=1S/C15H20N4/c1-12-5-4-6-14(18-12)11-19(3)10-13-7-8-17-15(9-13)16-2/h4-9H,10-11H2,1-3H3,(H,16,17). The Kier molecular flexibility index (Phi) is 4.47. The molecule has 0 aliphatic carbocycles. The summed E-state index contributed by atoms with van der Waals surface area (Å²) in [7, 11) is 3.98. The smallest absolute Gasteiger partial charge is 0.125 e. The number of pyridine rings is 2. The monoisotopic (exact) mass is 256 g/mol. The molecule has 100 valence electrons. The van der Waals surface area contributed by atoms with Crippen molar-refractivity contribution >= 4 is 5.82 Å². The molecule has 1 N–H and O–H groups in total. The van der Waals surface area contributed by atoms with Gasteiger partial charge in [-0.05, 0) is 43.8 Å². The van der Waals surface area contributed by atoms with Crippen LogP contribution in [-0.4, -0.2) is 29.0 Å². The third-order valence-corrected chi connectivity index (χ3v) is 2.91. The maximum atomic E-state index is 4.52. The van der Waals surface area contributed by atoms with Crippen molar-refractivity contribution in [2.75, 3.05) is 19.4 Å². The molecular formula is C15H20N4. The van der Waals surface area contributed by atoms with Crippen LogP contribution in [0.1, 0.15) is 17.0 Å². The van der Waals surface area contributed by atoms with E-state index in [2.05, 4.69) is 45.4 Å². The minimum atomic E-state index is 0.846. The molecule has 0 fully saturated rings. The van der Waals surface area contributed by atoms with E-state index in [-0.39, 0.29) is 0 Å². The molecule has 0 radical (unpaired) electrons. The third kappa shape index (κ3) is 4.03. The Morgan fingerprint density at radius 2 is 2.05 bits per heavy atom. The normalized spacial score (nSPS) is 10.7. The second kappa shape index (κ2) is 6.29. The van der Waals surface area contributed by atoms with Gasteiger partial charge in [-0.25, -0.2) is 4.98 Å². The summed E-state index contributed by atoms with van der Waals surface area (Å²) < 4.78 is 0. The van der Waals surface area contributed by atoms with Gasteiger partial charge in [0.1, 0.15) is 5.82 Å². The van der Waals surface area contributed by atoms with Gasteiger partial charge in [-0.1, -0.05) is 6.07 Å². The molecule has 0 atom stereocenters. The predicted molar refractivity (Wildman–Crippen MR) is 77.9 cm³/mol. The Morgan fingerprint density at radius 1 is 1.21 bits per heavy atom. The van der Waals surface area contributed by atoms with Crippen LogP contribution in [-0.2, 0) is 13.1 Å². The zero-order chi connectivity index (χ0) is 13.7. The van der Waals surface area contributed by atoms with Crippen LogP contribution in [0.2, 0.25) is 0 Å². The number of nitrogens with zero attached hydrogens (tertiary/aromatic N) is 3. The summed E-state index contributed by atoms with van der Waals surface area (Å²) in [6.45, 7) is 3.75. The van der Waals surface area contributed by atoms with Crippen molar-refractivity contribution in [2.24, 2.45) is 0 Å². The highest BCUT2D eigenvalue weighted by Crippen LogP contribution is 2.10.